The van der Waals surface area contributed by atoms with Crippen LogP contribution in [0.4, 0.5) is 0 Å². The molecule has 0 aromatic heterocycles. The van der Waals surface area contributed by atoms with Crippen molar-refractivity contribution >= 4 is 17.6 Å². The standard InChI is InChI=1S/C8H7OS/c1-9-8-4-2-7(6-10)3-5-8/h2-5H,1H3. The van der Waals surface area contributed by atoms with Crippen molar-refractivity contribution in [2.24, 2.45) is 0 Å². The number of methoxy groups -OCH3 is 1. The quantitative estimate of drug-likeness (QED) is 0.597. The number of benzene rings is 1. The molecule has 0 unspecified atom stereocenters. The first-order valence-corrected chi connectivity index (χ1v) is 3.30. The third-order valence-electron chi connectivity index (χ3n) is 1.21. The number of hydrogen-bond donors (Lipinski definition) is 0. The summed E-state index contributed by atoms with van der Waals surface area (Å²) in [5, 5.41) is 2.61. The Balaban J connectivity index is 2.90. The van der Waals surface area contributed by atoms with Gasteiger partial charge in [0.15, 0.2) is 0 Å². The molecule has 1 aromatic rings. The van der Waals surface area contributed by atoms with Crippen molar-refractivity contribution in [1.82, 2.24) is 0 Å². The van der Waals surface area contributed by atoms with Crippen molar-refractivity contribution < 1.29 is 4.74 Å². The Bertz CT molecular complexity index is 215. The Morgan fingerprint density at radius 3 is 2.30 bits per heavy atom. The van der Waals surface area contributed by atoms with Gasteiger partial charge in [0.2, 0.25) is 0 Å². The molecule has 0 aliphatic rings. The highest BCUT2D eigenvalue weighted by Crippen LogP contribution is 2.09. The average molecular weight is 151 g/mol. The van der Waals surface area contributed by atoms with Crippen LogP contribution in [0, 0.1) is 0 Å². The van der Waals surface area contributed by atoms with Crippen molar-refractivity contribution in [2.75, 3.05) is 7.11 Å². The van der Waals surface area contributed by atoms with Gasteiger partial charge in [-0.05, 0) is 29.8 Å². The van der Waals surface area contributed by atoms with Crippen LogP contribution in [0.1, 0.15) is 5.56 Å². The van der Waals surface area contributed by atoms with E-state index in [1.165, 1.54) is 0 Å². The molecule has 0 aliphatic heterocycles. The highest BCUT2D eigenvalue weighted by Gasteiger charge is 1.88. The lowest BCUT2D eigenvalue weighted by Crippen LogP contribution is -1.82. The first kappa shape index (κ1) is 7.22. The third kappa shape index (κ3) is 1.54. The van der Waals surface area contributed by atoms with Crippen LogP contribution in [0.25, 0.3) is 0 Å². The van der Waals surface area contributed by atoms with E-state index in [-0.39, 0.29) is 0 Å². The van der Waals surface area contributed by atoms with Gasteiger partial charge in [-0.3, -0.25) is 0 Å². The Morgan fingerprint density at radius 1 is 1.30 bits per heavy atom. The largest absolute Gasteiger partial charge is 0.497 e. The number of ether oxygens (including phenoxy) is 1. The zero-order valence-corrected chi connectivity index (χ0v) is 6.44. The van der Waals surface area contributed by atoms with E-state index in [2.05, 4.69) is 17.6 Å². The fourth-order valence-electron chi connectivity index (χ4n) is 0.659. The molecule has 0 spiro atoms. The first-order chi connectivity index (χ1) is 4.86. The monoisotopic (exact) mass is 151 g/mol. The smallest absolute Gasteiger partial charge is 0.118 e. The Morgan fingerprint density at radius 2 is 1.90 bits per heavy atom. The molecule has 1 radical (unpaired) electrons. The van der Waals surface area contributed by atoms with E-state index in [0.29, 0.717) is 0 Å². The van der Waals surface area contributed by atoms with Crippen molar-refractivity contribution in [2.45, 2.75) is 0 Å². The van der Waals surface area contributed by atoms with Gasteiger partial charge >= 0.3 is 0 Å². The van der Waals surface area contributed by atoms with E-state index < -0.39 is 0 Å². The molecule has 2 heteroatoms. The molecular weight excluding hydrogens is 144 g/mol. The summed E-state index contributed by atoms with van der Waals surface area (Å²) in [7, 11) is 1.64. The van der Waals surface area contributed by atoms with Crippen LogP contribution >= 0.6 is 12.2 Å². The molecular formula is C8H7OS. The minimum absolute atomic E-state index is 0.842. The van der Waals surface area contributed by atoms with Gasteiger partial charge in [-0.2, -0.15) is 0 Å². The maximum Gasteiger partial charge on any atom is 0.118 e. The van der Waals surface area contributed by atoms with Gasteiger partial charge < -0.3 is 4.74 Å². The summed E-state index contributed by atoms with van der Waals surface area (Å²) < 4.78 is 4.95. The molecule has 51 valence electrons. The lowest BCUT2D eigenvalue weighted by atomic mass is 10.2. The summed E-state index contributed by atoms with van der Waals surface area (Å²) in [6, 6.07) is 7.45. The van der Waals surface area contributed by atoms with E-state index in [1.807, 2.05) is 24.3 Å². The molecule has 0 heterocycles. The predicted octanol–water partition coefficient (Wildman–Crippen LogP) is 1.92. The van der Waals surface area contributed by atoms with Crippen molar-refractivity contribution in [3.8, 4) is 5.75 Å². The van der Waals surface area contributed by atoms with Crippen LogP contribution < -0.4 is 4.74 Å². The fourth-order valence-corrected chi connectivity index (χ4v) is 0.795. The summed E-state index contributed by atoms with van der Waals surface area (Å²) in [6.07, 6.45) is 0. The zero-order chi connectivity index (χ0) is 7.40. The summed E-state index contributed by atoms with van der Waals surface area (Å²) in [5.41, 5.74) is 0.913. The second kappa shape index (κ2) is 3.32. The minimum Gasteiger partial charge on any atom is -0.497 e. The Labute approximate surface area is 65.6 Å². The van der Waals surface area contributed by atoms with Crippen LogP contribution in [0.3, 0.4) is 0 Å². The van der Waals surface area contributed by atoms with Crippen LogP contribution in [-0.4, -0.2) is 12.5 Å². The van der Waals surface area contributed by atoms with Gasteiger partial charge in [0.05, 0.1) is 12.5 Å². The fraction of sp³-hybridized carbons (Fsp3) is 0.125. The van der Waals surface area contributed by atoms with Crippen LogP contribution in [-0.2, 0) is 0 Å². The van der Waals surface area contributed by atoms with Crippen molar-refractivity contribution in [1.29, 1.82) is 0 Å². The number of hydrogen-bond acceptors (Lipinski definition) is 2. The van der Waals surface area contributed by atoms with Gasteiger partial charge in [-0.1, -0.05) is 12.2 Å². The van der Waals surface area contributed by atoms with E-state index in [1.54, 1.807) is 7.11 Å². The summed E-state index contributed by atoms with van der Waals surface area (Å²) in [5.74, 6) is 0.842. The van der Waals surface area contributed by atoms with Gasteiger partial charge in [0.1, 0.15) is 5.75 Å². The maximum absolute atomic E-state index is 4.95. The Hall–Kier alpha value is -0.890. The first-order valence-electron chi connectivity index (χ1n) is 2.89. The molecule has 1 nitrogen and oxygen atoms in total. The molecule has 0 fully saturated rings. The molecule has 0 N–H and O–H groups in total. The predicted molar refractivity (Wildman–Crippen MR) is 44.7 cm³/mol. The molecule has 0 amide bonds. The zero-order valence-electron chi connectivity index (χ0n) is 5.63. The van der Waals surface area contributed by atoms with E-state index in [0.717, 1.165) is 11.3 Å². The van der Waals surface area contributed by atoms with Gasteiger partial charge in [0.25, 0.3) is 0 Å². The molecule has 0 atom stereocenters. The molecule has 0 bridgehead atoms. The highest BCUT2D eigenvalue weighted by molar-refractivity contribution is 7.79. The third-order valence-corrected chi connectivity index (χ3v) is 1.44. The SMILES string of the molecule is COc1ccc([C]=S)cc1. The molecule has 10 heavy (non-hydrogen) atoms. The lowest BCUT2D eigenvalue weighted by Gasteiger charge is -1.97. The summed E-state index contributed by atoms with van der Waals surface area (Å²) >= 11 is 4.61. The van der Waals surface area contributed by atoms with E-state index in [4.69, 9.17) is 4.74 Å². The molecule has 1 rings (SSSR count). The molecule has 0 saturated heterocycles. The molecule has 0 saturated carbocycles. The van der Waals surface area contributed by atoms with Gasteiger partial charge in [0, 0.05) is 0 Å². The van der Waals surface area contributed by atoms with E-state index in [9.17, 15) is 0 Å². The minimum atomic E-state index is 0.842. The second-order valence-corrected chi connectivity index (χ2v) is 2.03. The number of thiocarbonyl (C=S) groups is 1. The van der Waals surface area contributed by atoms with E-state index >= 15 is 0 Å². The lowest BCUT2D eigenvalue weighted by molar-refractivity contribution is 0.415. The van der Waals surface area contributed by atoms with Crippen LogP contribution in [0.2, 0.25) is 0 Å². The molecule has 0 aliphatic carbocycles. The summed E-state index contributed by atoms with van der Waals surface area (Å²) in [4.78, 5) is 0. The van der Waals surface area contributed by atoms with Gasteiger partial charge in [-0.15, -0.1) is 0 Å². The van der Waals surface area contributed by atoms with Crippen LogP contribution in [0.5, 0.6) is 5.75 Å². The highest BCUT2D eigenvalue weighted by atomic mass is 32.1. The summed E-state index contributed by atoms with van der Waals surface area (Å²) in [6.45, 7) is 0. The number of rotatable bonds is 2. The van der Waals surface area contributed by atoms with Crippen LogP contribution in [0.15, 0.2) is 24.3 Å². The topological polar surface area (TPSA) is 9.23 Å². The van der Waals surface area contributed by atoms with Crippen molar-refractivity contribution in [3.63, 3.8) is 0 Å². The molecule has 1 aromatic carbocycles. The normalized spacial score (nSPS) is 8.90. The van der Waals surface area contributed by atoms with Gasteiger partial charge in [-0.25, -0.2) is 0 Å². The average Bonchev–Trinajstić information content (AvgIpc) is 2.05. The maximum atomic E-state index is 4.95. The van der Waals surface area contributed by atoms with Crippen molar-refractivity contribution in [3.05, 3.63) is 29.8 Å². The Kier molecular flexibility index (Phi) is 2.40. The second-order valence-electron chi connectivity index (χ2n) is 1.83.